The molecule has 2 rings (SSSR count). The summed E-state index contributed by atoms with van der Waals surface area (Å²) in [5.74, 6) is 5.95. The monoisotopic (exact) mass is 293 g/mol. The number of aliphatic hydroxyl groups is 2. The minimum absolute atomic E-state index is 0.0515. The summed E-state index contributed by atoms with van der Waals surface area (Å²) in [5.41, 5.74) is 0.977. The molecule has 0 aliphatic carbocycles. The van der Waals surface area contributed by atoms with Gasteiger partial charge in [-0.25, -0.2) is 0 Å². The Morgan fingerprint density at radius 3 is 3.05 bits per heavy atom. The van der Waals surface area contributed by atoms with Crippen molar-refractivity contribution in [1.82, 2.24) is 4.90 Å². The van der Waals surface area contributed by atoms with Crippen LogP contribution in [0.1, 0.15) is 33.0 Å². The minimum atomic E-state index is -0.171. The second kappa shape index (κ2) is 6.89. The van der Waals surface area contributed by atoms with Gasteiger partial charge in [0.05, 0.1) is 9.75 Å². The van der Waals surface area contributed by atoms with E-state index < -0.39 is 0 Å². The van der Waals surface area contributed by atoms with Gasteiger partial charge in [0.25, 0.3) is 5.91 Å². The number of hydrogen-bond donors (Lipinski definition) is 2. The number of aryl methyl sites for hydroxylation is 1. The first-order valence-corrected chi connectivity index (χ1v) is 7.57. The van der Waals surface area contributed by atoms with Crippen LogP contribution in [0.3, 0.4) is 0 Å². The zero-order chi connectivity index (χ0) is 14.5. The van der Waals surface area contributed by atoms with Crippen LogP contribution < -0.4 is 0 Å². The summed E-state index contributed by atoms with van der Waals surface area (Å²) in [7, 11) is 0. The van der Waals surface area contributed by atoms with Gasteiger partial charge in [0.1, 0.15) is 6.61 Å². The Balaban J connectivity index is 2.07. The molecular formula is C15H19NO3S. The molecule has 4 nitrogen and oxygen atoms in total. The molecular weight excluding hydrogens is 274 g/mol. The quantitative estimate of drug-likeness (QED) is 0.825. The number of nitrogens with zero attached hydrogens (tertiary/aromatic N) is 1. The number of aliphatic hydroxyl groups excluding tert-OH is 2. The summed E-state index contributed by atoms with van der Waals surface area (Å²) >= 11 is 1.38. The average molecular weight is 293 g/mol. The van der Waals surface area contributed by atoms with E-state index in [2.05, 4.69) is 11.8 Å². The third-order valence-corrected chi connectivity index (χ3v) is 4.66. The summed E-state index contributed by atoms with van der Waals surface area (Å²) in [6.07, 6.45) is 1.73. The lowest BCUT2D eigenvalue weighted by molar-refractivity contribution is 0.0789. The van der Waals surface area contributed by atoms with E-state index in [0.717, 1.165) is 36.4 Å². The fourth-order valence-corrected chi connectivity index (χ4v) is 3.44. The van der Waals surface area contributed by atoms with Gasteiger partial charge < -0.3 is 15.1 Å². The zero-order valence-corrected chi connectivity index (χ0v) is 12.4. The molecule has 2 N–H and O–H groups in total. The van der Waals surface area contributed by atoms with Crippen LogP contribution in [-0.4, -0.2) is 47.3 Å². The van der Waals surface area contributed by atoms with Crippen molar-refractivity contribution in [1.29, 1.82) is 0 Å². The molecule has 1 saturated heterocycles. The summed E-state index contributed by atoms with van der Waals surface area (Å²) < 4.78 is 0. The van der Waals surface area contributed by atoms with Gasteiger partial charge in [0.15, 0.2) is 0 Å². The molecule has 0 aromatic carbocycles. The normalized spacial score (nSPS) is 17.9. The number of carbonyl (C=O) groups is 1. The van der Waals surface area contributed by atoms with Crippen LogP contribution in [0, 0.1) is 24.7 Å². The Kier molecular flexibility index (Phi) is 5.18. The standard InChI is InChI=1S/C15H19NO3S/c1-11-9-14(20-13(11)3-2-7-17)15(19)16-6-4-12(10-16)5-8-18/h9,12,17-18H,4-8,10H2,1H3. The summed E-state index contributed by atoms with van der Waals surface area (Å²) in [6, 6.07) is 1.87. The fraction of sp³-hybridized carbons (Fsp3) is 0.533. The molecule has 5 heteroatoms. The largest absolute Gasteiger partial charge is 0.396 e. The number of hydrogen-bond acceptors (Lipinski definition) is 4. The van der Waals surface area contributed by atoms with Gasteiger partial charge in [-0.1, -0.05) is 11.8 Å². The molecule has 1 aliphatic rings. The summed E-state index contributed by atoms with van der Waals surface area (Å²) in [6.45, 7) is 3.43. The lowest BCUT2D eigenvalue weighted by Gasteiger charge is -2.15. The number of rotatable bonds is 3. The summed E-state index contributed by atoms with van der Waals surface area (Å²) in [4.78, 5) is 15.8. The van der Waals surface area contributed by atoms with E-state index in [1.165, 1.54) is 11.3 Å². The maximum atomic E-state index is 12.4. The Labute approximate surface area is 123 Å². The predicted molar refractivity (Wildman–Crippen MR) is 78.7 cm³/mol. The van der Waals surface area contributed by atoms with Crippen LogP contribution in [0.25, 0.3) is 0 Å². The van der Waals surface area contributed by atoms with E-state index in [0.29, 0.717) is 10.8 Å². The van der Waals surface area contributed by atoms with Crippen LogP contribution >= 0.6 is 11.3 Å². The molecule has 1 aromatic rings. The fourth-order valence-electron chi connectivity index (χ4n) is 2.42. The van der Waals surface area contributed by atoms with Gasteiger partial charge in [0, 0.05) is 19.7 Å². The molecule has 1 unspecified atom stereocenters. The predicted octanol–water partition coefficient (Wildman–Crippen LogP) is 1.24. The smallest absolute Gasteiger partial charge is 0.263 e. The minimum Gasteiger partial charge on any atom is -0.396 e. The van der Waals surface area contributed by atoms with Crippen molar-refractivity contribution >= 4 is 17.2 Å². The molecule has 108 valence electrons. The lowest BCUT2D eigenvalue weighted by Crippen LogP contribution is -2.28. The molecule has 0 saturated carbocycles. The molecule has 2 heterocycles. The Morgan fingerprint density at radius 2 is 2.35 bits per heavy atom. The first kappa shape index (κ1) is 15.0. The highest BCUT2D eigenvalue weighted by molar-refractivity contribution is 7.14. The van der Waals surface area contributed by atoms with Gasteiger partial charge in [-0.2, -0.15) is 0 Å². The van der Waals surface area contributed by atoms with Gasteiger partial charge in [0.2, 0.25) is 0 Å². The van der Waals surface area contributed by atoms with Gasteiger partial charge in [-0.05, 0) is 37.3 Å². The van der Waals surface area contributed by atoms with Crippen LogP contribution in [-0.2, 0) is 0 Å². The first-order chi connectivity index (χ1) is 9.65. The van der Waals surface area contributed by atoms with Gasteiger partial charge >= 0.3 is 0 Å². The van der Waals surface area contributed by atoms with E-state index >= 15 is 0 Å². The third-order valence-electron chi connectivity index (χ3n) is 3.52. The van der Waals surface area contributed by atoms with E-state index in [-0.39, 0.29) is 19.1 Å². The molecule has 1 amide bonds. The maximum absolute atomic E-state index is 12.4. The molecule has 1 aromatic heterocycles. The van der Waals surface area contributed by atoms with E-state index in [1.807, 2.05) is 17.9 Å². The molecule has 1 atom stereocenters. The van der Waals surface area contributed by atoms with E-state index in [1.54, 1.807) is 0 Å². The van der Waals surface area contributed by atoms with Crippen molar-refractivity contribution in [3.05, 3.63) is 21.4 Å². The van der Waals surface area contributed by atoms with Crippen molar-refractivity contribution in [2.45, 2.75) is 19.8 Å². The second-order valence-corrected chi connectivity index (χ2v) is 6.05. The zero-order valence-electron chi connectivity index (χ0n) is 11.6. The van der Waals surface area contributed by atoms with E-state index in [9.17, 15) is 4.79 Å². The molecule has 20 heavy (non-hydrogen) atoms. The SMILES string of the molecule is Cc1cc(C(=O)N2CCC(CCO)C2)sc1C#CCO. The van der Waals surface area contributed by atoms with Gasteiger partial charge in [-0.3, -0.25) is 4.79 Å². The molecule has 1 aliphatic heterocycles. The topological polar surface area (TPSA) is 60.8 Å². The molecule has 0 spiro atoms. The van der Waals surface area contributed by atoms with Crippen molar-refractivity contribution < 1.29 is 15.0 Å². The molecule has 0 radical (unpaired) electrons. The number of thiophene rings is 1. The maximum Gasteiger partial charge on any atom is 0.263 e. The van der Waals surface area contributed by atoms with Crippen LogP contribution in [0.4, 0.5) is 0 Å². The Morgan fingerprint density at radius 1 is 1.55 bits per heavy atom. The lowest BCUT2D eigenvalue weighted by atomic mass is 10.1. The van der Waals surface area contributed by atoms with Crippen molar-refractivity contribution in [3.63, 3.8) is 0 Å². The third kappa shape index (κ3) is 3.40. The van der Waals surface area contributed by atoms with Crippen LogP contribution in [0.15, 0.2) is 6.07 Å². The van der Waals surface area contributed by atoms with Crippen molar-refractivity contribution in [2.24, 2.45) is 5.92 Å². The first-order valence-electron chi connectivity index (χ1n) is 6.76. The number of likely N-dealkylation sites (tertiary alicyclic amines) is 1. The van der Waals surface area contributed by atoms with Crippen molar-refractivity contribution in [3.8, 4) is 11.8 Å². The second-order valence-electron chi connectivity index (χ2n) is 5.00. The highest BCUT2D eigenvalue weighted by atomic mass is 32.1. The van der Waals surface area contributed by atoms with Gasteiger partial charge in [-0.15, -0.1) is 11.3 Å². The van der Waals surface area contributed by atoms with E-state index in [4.69, 9.17) is 10.2 Å². The number of carbonyl (C=O) groups excluding carboxylic acids is 1. The average Bonchev–Trinajstić information content (AvgIpc) is 3.03. The summed E-state index contributed by atoms with van der Waals surface area (Å²) in [5, 5.41) is 17.7. The Hall–Kier alpha value is -1.35. The highest BCUT2D eigenvalue weighted by Gasteiger charge is 2.27. The highest BCUT2D eigenvalue weighted by Crippen LogP contribution is 2.26. The molecule has 0 bridgehead atoms. The van der Waals surface area contributed by atoms with Crippen molar-refractivity contribution in [2.75, 3.05) is 26.3 Å². The Bertz CT molecular complexity index is 541. The molecule has 1 fully saturated rings. The van der Waals surface area contributed by atoms with Crippen LogP contribution in [0.5, 0.6) is 0 Å². The van der Waals surface area contributed by atoms with Crippen LogP contribution in [0.2, 0.25) is 0 Å². The number of amides is 1.